The summed E-state index contributed by atoms with van der Waals surface area (Å²) in [6, 6.07) is 9.47. The highest BCUT2D eigenvalue weighted by Gasteiger charge is 2.44. The van der Waals surface area contributed by atoms with Crippen molar-refractivity contribution in [1.82, 2.24) is 0 Å². The van der Waals surface area contributed by atoms with E-state index in [0.29, 0.717) is 18.4 Å². The summed E-state index contributed by atoms with van der Waals surface area (Å²) in [5.41, 5.74) is 0.452. The zero-order valence-corrected chi connectivity index (χ0v) is 11.9. The number of fused-ring (bicyclic) bond motifs is 2. The highest BCUT2D eigenvalue weighted by atomic mass is 16.5. The molecule has 2 aliphatic carbocycles. The number of aliphatic hydroxyl groups is 2. The summed E-state index contributed by atoms with van der Waals surface area (Å²) in [5.74, 6) is -0.530. The molecule has 1 aromatic carbocycles. The summed E-state index contributed by atoms with van der Waals surface area (Å²) in [4.78, 5) is 12.3. The minimum atomic E-state index is -0.837. The van der Waals surface area contributed by atoms with Crippen molar-refractivity contribution in [2.75, 3.05) is 0 Å². The maximum absolute atomic E-state index is 12.3. The van der Waals surface area contributed by atoms with E-state index in [2.05, 4.69) is 0 Å². The molecule has 2 atom stereocenters. The number of benzene rings is 1. The lowest BCUT2D eigenvalue weighted by Crippen LogP contribution is -2.41. The van der Waals surface area contributed by atoms with Crippen LogP contribution in [0, 0.1) is 5.92 Å². The Morgan fingerprint density at radius 3 is 2.86 bits per heavy atom. The number of carbonyl (C=O) groups is 1. The Morgan fingerprint density at radius 2 is 2.10 bits per heavy atom. The van der Waals surface area contributed by atoms with Gasteiger partial charge in [0.05, 0.1) is 11.2 Å². The summed E-state index contributed by atoms with van der Waals surface area (Å²) in [6.45, 7) is 0.202. The highest BCUT2D eigenvalue weighted by Crippen LogP contribution is 2.45. The molecule has 1 fully saturated rings. The van der Waals surface area contributed by atoms with E-state index in [4.69, 9.17) is 4.74 Å². The van der Waals surface area contributed by atoms with Gasteiger partial charge in [0.15, 0.2) is 0 Å². The van der Waals surface area contributed by atoms with Crippen molar-refractivity contribution in [3.8, 4) is 0 Å². The van der Waals surface area contributed by atoms with Gasteiger partial charge in [-0.05, 0) is 37.2 Å². The number of hydrogen-bond donors (Lipinski definition) is 2. The lowest BCUT2D eigenvalue weighted by molar-refractivity contribution is -0.142. The predicted octanol–water partition coefficient (Wildman–Crippen LogP) is 2.87. The largest absolute Gasteiger partial charge is 0.512 e. The van der Waals surface area contributed by atoms with E-state index in [1.165, 1.54) is 0 Å². The fourth-order valence-electron chi connectivity index (χ4n) is 3.48. The van der Waals surface area contributed by atoms with Crippen LogP contribution < -0.4 is 0 Å². The van der Waals surface area contributed by atoms with E-state index < -0.39 is 11.6 Å². The van der Waals surface area contributed by atoms with E-state index in [0.717, 1.165) is 18.4 Å². The topological polar surface area (TPSA) is 66.8 Å². The van der Waals surface area contributed by atoms with E-state index in [-0.39, 0.29) is 24.7 Å². The molecule has 4 nitrogen and oxygen atoms in total. The molecular formula is C17H20O4. The Labute approximate surface area is 124 Å². The molecule has 2 N–H and O–H groups in total. The van der Waals surface area contributed by atoms with Crippen molar-refractivity contribution in [3.63, 3.8) is 0 Å². The van der Waals surface area contributed by atoms with E-state index in [1.54, 1.807) is 0 Å². The first-order valence-electron chi connectivity index (χ1n) is 7.43. The molecule has 0 aliphatic heterocycles. The van der Waals surface area contributed by atoms with Crippen LogP contribution >= 0.6 is 0 Å². The maximum atomic E-state index is 12.3. The highest BCUT2D eigenvalue weighted by molar-refractivity contribution is 5.90. The maximum Gasteiger partial charge on any atom is 0.338 e. The lowest BCUT2D eigenvalue weighted by atomic mass is 9.68. The monoisotopic (exact) mass is 288 g/mol. The number of rotatable bonds is 3. The van der Waals surface area contributed by atoms with Gasteiger partial charge < -0.3 is 14.9 Å². The minimum absolute atomic E-state index is 0.00603. The van der Waals surface area contributed by atoms with Gasteiger partial charge in [0.25, 0.3) is 0 Å². The van der Waals surface area contributed by atoms with Crippen molar-refractivity contribution >= 4 is 5.97 Å². The molecule has 0 heterocycles. The van der Waals surface area contributed by atoms with Crippen LogP contribution in [-0.4, -0.2) is 21.8 Å². The number of ether oxygens (including phenoxy) is 1. The van der Waals surface area contributed by atoms with Crippen LogP contribution in [0.15, 0.2) is 41.7 Å². The van der Waals surface area contributed by atoms with E-state index >= 15 is 0 Å². The fourth-order valence-corrected chi connectivity index (χ4v) is 3.48. The van der Waals surface area contributed by atoms with Crippen molar-refractivity contribution in [2.24, 2.45) is 5.92 Å². The van der Waals surface area contributed by atoms with Crippen LogP contribution in [-0.2, 0) is 16.1 Å². The van der Waals surface area contributed by atoms with Crippen LogP contribution in [0.5, 0.6) is 0 Å². The molecular weight excluding hydrogens is 268 g/mol. The summed E-state index contributed by atoms with van der Waals surface area (Å²) in [6.07, 6.45) is 3.11. The normalized spacial score (nSPS) is 28.3. The van der Waals surface area contributed by atoms with Gasteiger partial charge in [0.1, 0.15) is 12.4 Å². The molecule has 112 valence electrons. The first-order chi connectivity index (χ1) is 10.1. The van der Waals surface area contributed by atoms with Gasteiger partial charge in [0.2, 0.25) is 0 Å². The molecule has 4 heteroatoms. The number of hydrogen-bond acceptors (Lipinski definition) is 4. The zero-order chi connectivity index (χ0) is 14.9. The Morgan fingerprint density at radius 1 is 1.33 bits per heavy atom. The van der Waals surface area contributed by atoms with Crippen LogP contribution in [0.25, 0.3) is 0 Å². The first kappa shape index (κ1) is 14.1. The molecule has 2 bridgehead atoms. The van der Waals surface area contributed by atoms with Crippen molar-refractivity contribution in [1.29, 1.82) is 0 Å². The molecule has 21 heavy (non-hydrogen) atoms. The summed E-state index contributed by atoms with van der Waals surface area (Å²) in [5, 5.41) is 20.5. The molecule has 1 saturated carbocycles. The molecule has 2 aliphatic rings. The fraction of sp³-hybridized carbons (Fsp3) is 0.471. The minimum Gasteiger partial charge on any atom is -0.512 e. The second-order valence-electron chi connectivity index (χ2n) is 6.12. The van der Waals surface area contributed by atoms with Gasteiger partial charge in [-0.25, -0.2) is 4.79 Å². The third kappa shape index (κ3) is 2.95. The predicted molar refractivity (Wildman–Crippen MR) is 77.4 cm³/mol. The van der Waals surface area contributed by atoms with Crippen LogP contribution in [0.1, 0.15) is 37.7 Å². The molecule has 1 aromatic rings. The van der Waals surface area contributed by atoms with E-state index in [9.17, 15) is 15.0 Å². The Kier molecular flexibility index (Phi) is 3.72. The first-order valence-corrected chi connectivity index (χ1v) is 7.43. The second kappa shape index (κ2) is 5.53. The Bertz CT molecular complexity index is 563. The molecule has 0 spiro atoms. The Hall–Kier alpha value is -1.81. The van der Waals surface area contributed by atoms with Gasteiger partial charge in [-0.1, -0.05) is 30.3 Å². The summed E-state index contributed by atoms with van der Waals surface area (Å²) >= 11 is 0. The summed E-state index contributed by atoms with van der Waals surface area (Å²) < 4.78 is 5.32. The van der Waals surface area contributed by atoms with Crippen molar-refractivity contribution in [2.45, 2.75) is 44.3 Å². The molecule has 0 radical (unpaired) electrons. The van der Waals surface area contributed by atoms with Crippen molar-refractivity contribution in [3.05, 3.63) is 47.2 Å². The third-order valence-corrected chi connectivity index (χ3v) is 4.47. The standard InChI is InChI=1S/C17H20O4/c18-14-10-17(20)8-4-7-13(9-17)15(14)16(19)21-11-12-5-2-1-3-6-12/h1-3,5-6,13,18,20H,4,7-11H2. The molecule has 0 amide bonds. The average molecular weight is 288 g/mol. The second-order valence-corrected chi connectivity index (χ2v) is 6.12. The number of esters is 1. The number of aliphatic hydroxyl groups excluding tert-OH is 1. The lowest BCUT2D eigenvalue weighted by Gasteiger charge is -2.41. The van der Waals surface area contributed by atoms with Gasteiger partial charge in [-0.2, -0.15) is 0 Å². The van der Waals surface area contributed by atoms with Gasteiger partial charge >= 0.3 is 5.97 Å². The molecule has 2 unspecified atom stereocenters. The smallest absolute Gasteiger partial charge is 0.338 e. The van der Waals surface area contributed by atoms with Gasteiger partial charge in [-0.3, -0.25) is 0 Å². The zero-order valence-electron chi connectivity index (χ0n) is 11.9. The Balaban J connectivity index is 1.72. The SMILES string of the molecule is O=C(OCc1ccccc1)C1=C(O)CC2(O)CCCC1C2. The third-order valence-electron chi connectivity index (χ3n) is 4.47. The summed E-state index contributed by atoms with van der Waals surface area (Å²) in [7, 11) is 0. The van der Waals surface area contributed by atoms with Crippen LogP contribution in [0.4, 0.5) is 0 Å². The number of carbonyl (C=O) groups excluding carboxylic acids is 1. The average Bonchev–Trinajstić information content (AvgIpc) is 2.45. The molecule has 0 saturated heterocycles. The van der Waals surface area contributed by atoms with Gasteiger partial charge in [-0.15, -0.1) is 0 Å². The van der Waals surface area contributed by atoms with Crippen molar-refractivity contribution < 1.29 is 19.7 Å². The molecule has 0 aromatic heterocycles. The van der Waals surface area contributed by atoms with Gasteiger partial charge in [0, 0.05) is 6.42 Å². The molecule has 3 rings (SSSR count). The quantitative estimate of drug-likeness (QED) is 0.839. The van der Waals surface area contributed by atoms with Crippen LogP contribution in [0.2, 0.25) is 0 Å². The van der Waals surface area contributed by atoms with E-state index in [1.807, 2.05) is 30.3 Å². The van der Waals surface area contributed by atoms with Crippen LogP contribution in [0.3, 0.4) is 0 Å².